The van der Waals surface area contributed by atoms with Gasteiger partial charge in [-0.05, 0) is 56.2 Å². The SMILES string of the molecule is CCC(C)NC(=O)c1ccc(N(C)S(=O)(=O)c2ccccc2)c(C)c1. The van der Waals surface area contributed by atoms with E-state index in [4.69, 9.17) is 0 Å². The molecule has 2 rings (SSSR count). The van der Waals surface area contributed by atoms with Gasteiger partial charge in [-0.15, -0.1) is 0 Å². The number of anilines is 1. The molecular formula is C19H24N2O3S. The maximum atomic E-state index is 12.7. The van der Waals surface area contributed by atoms with Gasteiger partial charge in [0.1, 0.15) is 0 Å². The minimum atomic E-state index is -3.64. The quantitative estimate of drug-likeness (QED) is 0.859. The van der Waals surface area contributed by atoms with Crippen molar-refractivity contribution < 1.29 is 13.2 Å². The number of benzene rings is 2. The number of sulfonamides is 1. The highest BCUT2D eigenvalue weighted by Crippen LogP contribution is 2.26. The van der Waals surface area contributed by atoms with Crippen molar-refractivity contribution in [3.8, 4) is 0 Å². The number of rotatable bonds is 6. The molecule has 1 atom stereocenters. The van der Waals surface area contributed by atoms with Gasteiger partial charge in [0.05, 0.1) is 10.6 Å². The molecule has 2 aromatic rings. The van der Waals surface area contributed by atoms with E-state index >= 15 is 0 Å². The van der Waals surface area contributed by atoms with Gasteiger partial charge in [-0.1, -0.05) is 25.1 Å². The van der Waals surface area contributed by atoms with Crippen molar-refractivity contribution in [2.45, 2.75) is 38.1 Å². The van der Waals surface area contributed by atoms with Crippen molar-refractivity contribution in [3.63, 3.8) is 0 Å². The zero-order chi connectivity index (χ0) is 18.6. The van der Waals surface area contributed by atoms with Crippen LogP contribution in [0.25, 0.3) is 0 Å². The summed E-state index contributed by atoms with van der Waals surface area (Å²) in [5, 5.41) is 2.91. The van der Waals surface area contributed by atoms with Crippen molar-refractivity contribution in [1.29, 1.82) is 0 Å². The molecule has 0 aliphatic rings. The number of nitrogens with one attached hydrogen (secondary N) is 1. The molecule has 0 aliphatic heterocycles. The van der Waals surface area contributed by atoms with Crippen LogP contribution in [-0.4, -0.2) is 27.4 Å². The Bertz CT molecular complexity index is 848. The van der Waals surface area contributed by atoms with Crippen LogP contribution in [0.5, 0.6) is 0 Å². The summed E-state index contributed by atoms with van der Waals surface area (Å²) in [4.78, 5) is 12.5. The maximum absolute atomic E-state index is 12.7. The minimum absolute atomic E-state index is 0.0913. The molecule has 1 unspecified atom stereocenters. The first-order valence-corrected chi connectivity index (χ1v) is 9.67. The second-order valence-electron chi connectivity index (χ2n) is 6.07. The van der Waals surface area contributed by atoms with E-state index in [0.29, 0.717) is 11.3 Å². The number of hydrogen-bond donors (Lipinski definition) is 1. The predicted molar refractivity (Wildman–Crippen MR) is 100 cm³/mol. The first-order valence-electron chi connectivity index (χ1n) is 8.23. The van der Waals surface area contributed by atoms with Gasteiger partial charge in [0.25, 0.3) is 15.9 Å². The molecule has 5 nitrogen and oxygen atoms in total. The number of hydrogen-bond acceptors (Lipinski definition) is 3. The molecule has 1 amide bonds. The van der Waals surface area contributed by atoms with Gasteiger partial charge < -0.3 is 5.32 Å². The summed E-state index contributed by atoms with van der Waals surface area (Å²) in [5.74, 6) is -0.155. The fourth-order valence-electron chi connectivity index (χ4n) is 2.44. The van der Waals surface area contributed by atoms with Gasteiger partial charge in [0.15, 0.2) is 0 Å². The Hall–Kier alpha value is -2.34. The third-order valence-corrected chi connectivity index (χ3v) is 5.98. The van der Waals surface area contributed by atoms with Crippen LogP contribution in [0.4, 0.5) is 5.69 Å². The lowest BCUT2D eigenvalue weighted by atomic mass is 10.1. The fourth-order valence-corrected chi connectivity index (χ4v) is 3.72. The van der Waals surface area contributed by atoms with E-state index in [-0.39, 0.29) is 16.8 Å². The summed E-state index contributed by atoms with van der Waals surface area (Å²) in [5.41, 5.74) is 1.79. The Kier molecular flexibility index (Phi) is 5.85. The van der Waals surface area contributed by atoms with Crippen LogP contribution >= 0.6 is 0 Å². The number of carbonyl (C=O) groups is 1. The summed E-state index contributed by atoms with van der Waals surface area (Å²) in [6, 6.07) is 13.4. The molecule has 6 heteroatoms. The molecule has 0 heterocycles. The van der Waals surface area contributed by atoms with Crippen LogP contribution in [0.1, 0.15) is 36.2 Å². The molecule has 25 heavy (non-hydrogen) atoms. The van der Waals surface area contributed by atoms with Gasteiger partial charge in [-0.3, -0.25) is 9.10 Å². The highest BCUT2D eigenvalue weighted by Gasteiger charge is 2.22. The lowest BCUT2D eigenvalue weighted by Crippen LogP contribution is -2.32. The van der Waals surface area contributed by atoms with E-state index in [9.17, 15) is 13.2 Å². The topological polar surface area (TPSA) is 66.5 Å². The average molecular weight is 360 g/mol. The fraction of sp³-hybridized carbons (Fsp3) is 0.316. The Morgan fingerprint density at radius 2 is 1.80 bits per heavy atom. The number of nitrogens with zero attached hydrogens (tertiary/aromatic N) is 1. The van der Waals surface area contributed by atoms with Crippen LogP contribution in [0, 0.1) is 6.92 Å². The third-order valence-electron chi connectivity index (χ3n) is 4.19. The number of amides is 1. The van der Waals surface area contributed by atoms with Crippen molar-refractivity contribution in [1.82, 2.24) is 5.32 Å². The lowest BCUT2D eigenvalue weighted by Gasteiger charge is -2.22. The Morgan fingerprint density at radius 3 is 2.36 bits per heavy atom. The van der Waals surface area contributed by atoms with Crippen LogP contribution < -0.4 is 9.62 Å². The number of carbonyl (C=O) groups excluding carboxylic acids is 1. The molecule has 134 valence electrons. The van der Waals surface area contributed by atoms with E-state index < -0.39 is 10.0 Å². The van der Waals surface area contributed by atoms with Gasteiger partial charge in [0.2, 0.25) is 0 Å². The summed E-state index contributed by atoms with van der Waals surface area (Å²) >= 11 is 0. The Labute approximate surface area is 149 Å². The molecule has 1 N–H and O–H groups in total. The largest absolute Gasteiger partial charge is 0.350 e. The molecule has 0 spiro atoms. The zero-order valence-electron chi connectivity index (χ0n) is 15.0. The Morgan fingerprint density at radius 1 is 1.16 bits per heavy atom. The van der Waals surface area contributed by atoms with E-state index in [1.54, 1.807) is 55.5 Å². The minimum Gasteiger partial charge on any atom is -0.350 e. The van der Waals surface area contributed by atoms with E-state index in [1.807, 2.05) is 13.8 Å². The summed E-state index contributed by atoms with van der Waals surface area (Å²) in [6.07, 6.45) is 0.848. The van der Waals surface area contributed by atoms with Crippen LogP contribution in [0.15, 0.2) is 53.4 Å². The summed E-state index contributed by atoms with van der Waals surface area (Å²) < 4.78 is 26.7. The lowest BCUT2D eigenvalue weighted by molar-refractivity contribution is 0.0939. The summed E-state index contributed by atoms with van der Waals surface area (Å²) in [6.45, 7) is 5.74. The first-order chi connectivity index (χ1) is 11.8. The normalized spacial score (nSPS) is 12.5. The third kappa shape index (κ3) is 4.20. The average Bonchev–Trinajstić information content (AvgIpc) is 2.61. The predicted octanol–water partition coefficient (Wildman–Crippen LogP) is 3.35. The molecule has 0 aliphatic carbocycles. The molecule has 0 aromatic heterocycles. The Balaban J connectivity index is 2.30. The molecular weight excluding hydrogens is 336 g/mol. The van der Waals surface area contributed by atoms with Crippen molar-refractivity contribution in [3.05, 3.63) is 59.7 Å². The van der Waals surface area contributed by atoms with Gasteiger partial charge in [0, 0.05) is 18.7 Å². The molecule has 0 saturated heterocycles. The monoisotopic (exact) mass is 360 g/mol. The molecule has 0 fully saturated rings. The van der Waals surface area contributed by atoms with E-state index in [0.717, 1.165) is 12.0 Å². The van der Waals surface area contributed by atoms with Crippen LogP contribution in [0.2, 0.25) is 0 Å². The highest BCUT2D eigenvalue weighted by molar-refractivity contribution is 7.92. The van der Waals surface area contributed by atoms with E-state index in [1.165, 1.54) is 11.4 Å². The van der Waals surface area contributed by atoms with Crippen molar-refractivity contribution in [2.75, 3.05) is 11.4 Å². The smallest absolute Gasteiger partial charge is 0.264 e. The molecule has 0 bridgehead atoms. The second kappa shape index (κ2) is 7.70. The highest BCUT2D eigenvalue weighted by atomic mass is 32.2. The van der Waals surface area contributed by atoms with Crippen LogP contribution in [0.3, 0.4) is 0 Å². The van der Waals surface area contributed by atoms with Gasteiger partial charge >= 0.3 is 0 Å². The van der Waals surface area contributed by atoms with Crippen molar-refractivity contribution >= 4 is 21.6 Å². The maximum Gasteiger partial charge on any atom is 0.264 e. The zero-order valence-corrected chi connectivity index (χ0v) is 15.8. The van der Waals surface area contributed by atoms with Gasteiger partial charge in [-0.2, -0.15) is 0 Å². The van der Waals surface area contributed by atoms with Crippen LogP contribution in [-0.2, 0) is 10.0 Å². The molecule has 0 radical (unpaired) electrons. The number of aryl methyl sites for hydroxylation is 1. The van der Waals surface area contributed by atoms with Gasteiger partial charge in [-0.25, -0.2) is 8.42 Å². The summed E-state index contributed by atoms with van der Waals surface area (Å²) in [7, 11) is -2.12. The second-order valence-corrected chi connectivity index (χ2v) is 8.04. The standard InChI is InChI=1S/C19H24N2O3S/c1-5-15(3)20-19(22)16-11-12-18(14(2)13-16)21(4)25(23,24)17-9-7-6-8-10-17/h6-13,15H,5H2,1-4H3,(H,20,22). The molecule has 2 aromatic carbocycles. The molecule has 0 saturated carbocycles. The van der Waals surface area contributed by atoms with Crippen molar-refractivity contribution in [2.24, 2.45) is 0 Å². The van der Waals surface area contributed by atoms with E-state index in [2.05, 4.69) is 5.32 Å². The first kappa shape index (κ1) is 19.0.